The topological polar surface area (TPSA) is 62.0 Å². The summed E-state index contributed by atoms with van der Waals surface area (Å²) < 4.78 is 20.7. The minimum absolute atomic E-state index is 0.164. The summed E-state index contributed by atoms with van der Waals surface area (Å²) in [6.07, 6.45) is 0.879. The second-order valence-corrected chi connectivity index (χ2v) is 7.03. The molecular formula is C20H25FN4O2S. The maximum atomic E-state index is 13.9. The standard InChI is InChI=1S/C20H25FN4O2S/c21-18-7-1-2-8-19(18)24-12-10-23(11-13-24)9-4-14-27-17-6-3-5-16(15-17)25(28)20(22)26/h1-3,5-8,15,28H,4,9-14H2,(H2,22,26). The molecule has 0 atom stereocenters. The van der Waals surface area contributed by atoms with E-state index in [4.69, 9.17) is 10.5 Å². The Morgan fingerprint density at radius 2 is 1.89 bits per heavy atom. The van der Waals surface area contributed by atoms with Crippen molar-refractivity contribution in [2.75, 3.05) is 48.5 Å². The molecule has 2 N–H and O–H groups in total. The van der Waals surface area contributed by atoms with Crippen molar-refractivity contribution in [2.24, 2.45) is 5.73 Å². The summed E-state index contributed by atoms with van der Waals surface area (Å²) in [7, 11) is 0. The average molecular weight is 405 g/mol. The second kappa shape index (κ2) is 9.66. The zero-order valence-electron chi connectivity index (χ0n) is 15.6. The number of carbonyl (C=O) groups excluding carboxylic acids is 1. The van der Waals surface area contributed by atoms with Crippen LogP contribution in [-0.2, 0) is 0 Å². The molecule has 1 fully saturated rings. The first-order valence-electron chi connectivity index (χ1n) is 9.28. The first kappa shape index (κ1) is 20.3. The highest BCUT2D eigenvalue weighted by atomic mass is 32.1. The van der Waals surface area contributed by atoms with Crippen molar-refractivity contribution < 1.29 is 13.9 Å². The van der Waals surface area contributed by atoms with Crippen molar-refractivity contribution in [3.05, 3.63) is 54.3 Å². The summed E-state index contributed by atoms with van der Waals surface area (Å²) in [5.41, 5.74) is 6.46. The summed E-state index contributed by atoms with van der Waals surface area (Å²) >= 11 is 4.05. The number of benzene rings is 2. The van der Waals surface area contributed by atoms with Crippen molar-refractivity contribution in [1.29, 1.82) is 0 Å². The van der Waals surface area contributed by atoms with Crippen LogP contribution in [0.5, 0.6) is 5.75 Å². The van der Waals surface area contributed by atoms with Crippen molar-refractivity contribution in [1.82, 2.24) is 4.90 Å². The lowest BCUT2D eigenvalue weighted by Crippen LogP contribution is -2.47. The fraction of sp³-hybridized carbons (Fsp3) is 0.350. The number of halogens is 1. The van der Waals surface area contributed by atoms with E-state index in [1.54, 1.807) is 24.3 Å². The molecule has 1 aliphatic rings. The smallest absolute Gasteiger partial charge is 0.329 e. The van der Waals surface area contributed by atoms with Crippen molar-refractivity contribution in [2.45, 2.75) is 6.42 Å². The molecule has 0 radical (unpaired) electrons. The Kier molecular flexibility index (Phi) is 7.00. The summed E-state index contributed by atoms with van der Waals surface area (Å²) in [6.45, 7) is 4.92. The highest BCUT2D eigenvalue weighted by Crippen LogP contribution is 2.23. The first-order chi connectivity index (χ1) is 13.5. The van der Waals surface area contributed by atoms with Crippen LogP contribution >= 0.6 is 12.8 Å². The normalized spacial score (nSPS) is 14.7. The van der Waals surface area contributed by atoms with Gasteiger partial charge in [-0.25, -0.2) is 13.5 Å². The van der Waals surface area contributed by atoms with Gasteiger partial charge in [-0.05, 0) is 30.7 Å². The predicted molar refractivity (Wildman–Crippen MR) is 113 cm³/mol. The van der Waals surface area contributed by atoms with Crippen LogP contribution in [-0.4, -0.2) is 50.3 Å². The number of anilines is 2. The fourth-order valence-electron chi connectivity index (χ4n) is 3.23. The molecule has 2 aromatic rings. The Hall–Kier alpha value is -2.45. The third-order valence-electron chi connectivity index (χ3n) is 4.72. The Morgan fingerprint density at radius 3 is 2.61 bits per heavy atom. The second-order valence-electron chi connectivity index (χ2n) is 6.63. The number of nitrogens with two attached hydrogens (primary N) is 1. The van der Waals surface area contributed by atoms with Gasteiger partial charge in [-0.1, -0.05) is 31.0 Å². The first-order valence-corrected chi connectivity index (χ1v) is 9.68. The molecule has 0 aliphatic carbocycles. The molecule has 0 saturated carbocycles. The van der Waals surface area contributed by atoms with Crippen LogP contribution in [0.15, 0.2) is 48.5 Å². The molecule has 0 bridgehead atoms. The minimum Gasteiger partial charge on any atom is -0.493 e. The fourth-order valence-corrected chi connectivity index (χ4v) is 3.36. The van der Waals surface area contributed by atoms with Gasteiger partial charge in [0.05, 0.1) is 18.0 Å². The van der Waals surface area contributed by atoms with E-state index < -0.39 is 6.03 Å². The number of thiol groups is 1. The van der Waals surface area contributed by atoms with Gasteiger partial charge in [0, 0.05) is 38.8 Å². The van der Waals surface area contributed by atoms with Gasteiger partial charge in [0.15, 0.2) is 0 Å². The number of para-hydroxylation sites is 1. The Morgan fingerprint density at radius 1 is 1.14 bits per heavy atom. The van der Waals surface area contributed by atoms with Gasteiger partial charge in [-0.15, -0.1) is 0 Å². The van der Waals surface area contributed by atoms with E-state index in [9.17, 15) is 9.18 Å². The number of amides is 2. The highest BCUT2D eigenvalue weighted by molar-refractivity contribution is 7.82. The Labute approximate surface area is 170 Å². The summed E-state index contributed by atoms with van der Waals surface area (Å²) in [5, 5.41) is 0. The quantitative estimate of drug-likeness (QED) is 0.550. The molecule has 3 rings (SSSR count). The lowest BCUT2D eigenvalue weighted by Gasteiger charge is -2.36. The number of piperazine rings is 1. The molecule has 0 aromatic heterocycles. The molecule has 0 spiro atoms. The molecule has 2 amide bonds. The number of primary amides is 1. The van der Waals surface area contributed by atoms with Crippen molar-refractivity contribution in [3.63, 3.8) is 0 Å². The molecule has 8 heteroatoms. The largest absolute Gasteiger partial charge is 0.493 e. The maximum Gasteiger partial charge on any atom is 0.329 e. The van der Waals surface area contributed by atoms with E-state index >= 15 is 0 Å². The zero-order valence-corrected chi connectivity index (χ0v) is 16.5. The van der Waals surface area contributed by atoms with Crippen LogP contribution in [0.25, 0.3) is 0 Å². The van der Waals surface area contributed by atoms with Crippen LogP contribution in [0.1, 0.15) is 6.42 Å². The van der Waals surface area contributed by atoms with Gasteiger partial charge >= 0.3 is 6.03 Å². The van der Waals surface area contributed by atoms with Crippen LogP contribution < -0.4 is 19.7 Å². The molecule has 150 valence electrons. The minimum atomic E-state index is -0.644. The zero-order chi connectivity index (χ0) is 19.9. The Balaban J connectivity index is 1.39. The number of hydrogen-bond acceptors (Lipinski definition) is 5. The van der Waals surface area contributed by atoms with Gasteiger partial charge in [-0.3, -0.25) is 4.90 Å². The molecule has 28 heavy (non-hydrogen) atoms. The van der Waals surface area contributed by atoms with E-state index in [-0.39, 0.29) is 5.82 Å². The third kappa shape index (κ3) is 5.30. The third-order valence-corrected chi connectivity index (χ3v) is 5.15. The van der Waals surface area contributed by atoms with E-state index in [1.807, 2.05) is 18.2 Å². The van der Waals surface area contributed by atoms with E-state index in [2.05, 4.69) is 22.6 Å². The van der Waals surface area contributed by atoms with Crippen molar-refractivity contribution >= 4 is 30.2 Å². The lowest BCUT2D eigenvalue weighted by molar-refractivity contribution is 0.224. The SMILES string of the molecule is NC(=O)N(S)c1cccc(OCCCN2CCN(c3ccccc3F)CC2)c1. The van der Waals surface area contributed by atoms with Crippen LogP contribution in [0, 0.1) is 5.82 Å². The molecule has 6 nitrogen and oxygen atoms in total. The molecular weight excluding hydrogens is 379 g/mol. The Bertz CT molecular complexity index is 799. The van der Waals surface area contributed by atoms with Crippen LogP contribution in [0.4, 0.5) is 20.6 Å². The number of ether oxygens (including phenoxy) is 1. The molecule has 1 aliphatic heterocycles. The highest BCUT2D eigenvalue weighted by Gasteiger charge is 2.18. The summed E-state index contributed by atoms with van der Waals surface area (Å²) in [6, 6.07) is 13.4. The molecule has 1 saturated heterocycles. The predicted octanol–water partition coefficient (Wildman–Crippen LogP) is 3.15. The van der Waals surface area contributed by atoms with Gasteiger partial charge < -0.3 is 15.4 Å². The van der Waals surface area contributed by atoms with Gasteiger partial charge in [0.25, 0.3) is 0 Å². The lowest BCUT2D eigenvalue weighted by atomic mass is 10.2. The van der Waals surface area contributed by atoms with Crippen molar-refractivity contribution in [3.8, 4) is 5.75 Å². The molecule has 2 aromatic carbocycles. The number of nitrogens with zero attached hydrogens (tertiary/aromatic N) is 3. The van der Waals surface area contributed by atoms with Crippen LogP contribution in [0.3, 0.4) is 0 Å². The number of carbonyl (C=O) groups is 1. The molecule has 1 heterocycles. The van der Waals surface area contributed by atoms with E-state index in [0.29, 0.717) is 23.7 Å². The number of rotatable bonds is 7. The average Bonchev–Trinajstić information content (AvgIpc) is 2.72. The summed E-state index contributed by atoms with van der Waals surface area (Å²) in [5.74, 6) is 0.505. The summed E-state index contributed by atoms with van der Waals surface area (Å²) in [4.78, 5) is 15.6. The molecule has 0 unspecified atom stereocenters. The van der Waals surface area contributed by atoms with E-state index in [0.717, 1.165) is 43.4 Å². The van der Waals surface area contributed by atoms with Crippen LogP contribution in [0.2, 0.25) is 0 Å². The number of urea groups is 1. The van der Waals surface area contributed by atoms with Gasteiger partial charge in [-0.2, -0.15) is 0 Å². The van der Waals surface area contributed by atoms with Gasteiger partial charge in [0.1, 0.15) is 11.6 Å². The number of hydrogen-bond donors (Lipinski definition) is 2. The maximum absolute atomic E-state index is 13.9. The monoisotopic (exact) mass is 404 g/mol. The van der Waals surface area contributed by atoms with Gasteiger partial charge in [0.2, 0.25) is 0 Å². The van der Waals surface area contributed by atoms with E-state index in [1.165, 1.54) is 6.07 Å².